The lowest BCUT2D eigenvalue weighted by molar-refractivity contribution is 0.352. The lowest BCUT2D eigenvalue weighted by atomic mass is 10.1. The van der Waals surface area contributed by atoms with Gasteiger partial charge in [0.15, 0.2) is 11.5 Å². The fourth-order valence-corrected chi connectivity index (χ4v) is 2.14. The Bertz CT molecular complexity index is 604. The van der Waals surface area contributed by atoms with E-state index in [2.05, 4.69) is 21.2 Å². The molecule has 0 fully saturated rings. The van der Waals surface area contributed by atoms with Crippen LogP contribution in [0.4, 0.5) is 10.1 Å². The van der Waals surface area contributed by atoms with Crippen LogP contribution < -0.4 is 14.8 Å². The Kier molecular flexibility index (Phi) is 4.84. The van der Waals surface area contributed by atoms with Crippen LogP contribution in [-0.4, -0.2) is 14.2 Å². The minimum Gasteiger partial charge on any atom is -0.493 e. The molecular formula is C15H15BrFNO2. The Balaban J connectivity index is 2.16. The Morgan fingerprint density at radius 1 is 1.15 bits per heavy atom. The summed E-state index contributed by atoms with van der Waals surface area (Å²) in [6, 6.07) is 10.6. The first kappa shape index (κ1) is 14.7. The minimum absolute atomic E-state index is 0.299. The van der Waals surface area contributed by atoms with Crippen LogP contribution in [0.2, 0.25) is 0 Å². The molecule has 0 aromatic heterocycles. The fraction of sp³-hybridized carbons (Fsp3) is 0.200. The number of hydrogen-bond donors (Lipinski definition) is 1. The van der Waals surface area contributed by atoms with Gasteiger partial charge in [-0.2, -0.15) is 0 Å². The van der Waals surface area contributed by atoms with Gasteiger partial charge < -0.3 is 14.8 Å². The van der Waals surface area contributed by atoms with E-state index in [9.17, 15) is 4.39 Å². The average molecular weight is 340 g/mol. The van der Waals surface area contributed by atoms with E-state index < -0.39 is 0 Å². The molecule has 5 heteroatoms. The lowest BCUT2D eigenvalue weighted by Crippen LogP contribution is -2.03. The van der Waals surface area contributed by atoms with Crippen LogP contribution in [0.1, 0.15) is 5.56 Å². The van der Waals surface area contributed by atoms with Crippen molar-refractivity contribution in [3.63, 3.8) is 0 Å². The Labute approximate surface area is 125 Å². The van der Waals surface area contributed by atoms with E-state index in [1.54, 1.807) is 26.4 Å². The third-order valence-corrected chi connectivity index (χ3v) is 3.53. The largest absolute Gasteiger partial charge is 0.493 e. The van der Waals surface area contributed by atoms with Crippen LogP contribution in [0.5, 0.6) is 11.5 Å². The Morgan fingerprint density at radius 2 is 1.95 bits per heavy atom. The summed E-state index contributed by atoms with van der Waals surface area (Å²) in [5.41, 5.74) is 1.64. The molecule has 0 saturated carbocycles. The number of anilines is 1. The first-order chi connectivity index (χ1) is 9.65. The third kappa shape index (κ3) is 3.22. The summed E-state index contributed by atoms with van der Waals surface area (Å²) in [5, 5.41) is 3.16. The van der Waals surface area contributed by atoms with Gasteiger partial charge in [0.2, 0.25) is 0 Å². The molecule has 0 bridgehead atoms. The standard InChI is InChI=1S/C15H15BrFNO2/c1-19-14-5-3-4-10(15(14)20-2)9-18-11-6-7-12(16)13(17)8-11/h3-8,18H,9H2,1-2H3. The summed E-state index contributed by atoms with van der Waals surface area (Å²) in [6.07, 6.45) is 0. The zero-order valence-corrected chi connectivity index (χ0v) is 12.8. The molecule has 0 heterocycles. The van der Waals surface area contributed by atoms with Gasteiger partial charge in [-0.25, -0.2) is 4.39 Å². The molecule has 3 nitrogen and oxygen atoms in total. The van der Waals surface area contributed by atoms with Gasteiger partial charge in [0.25, 0.3) is 0 Å². The van der Waals surface area contributed by atoms with Gasteiger partial charge in [0, 0.05) is 17.8 Å². The highest BCUT2D eigenvalue weighted by molar-refractivity contribution is 9.10. The van der Waals surface area contributed by atoms with Gasteiger partial charge in [-0.05, 0) is 40.2 Å². The maximum absolute atomic E-state index is 13.4. The quantitative estimate of drug-likeness (QED) is 0.884. The number of halogens is 2. The predicted octanol–water partition coefficient (Wildman–Crippen LogP) is 4.22. The van der Waals surface area contributed by atoms with Crippen molar-refractivity contribution in [2.24, 2.45) is 0 Å². The zero-order chi connectivity index (χ0) is 14.5. The molecule has 0 unspecified atom stereocenters. The van der Waals surface area contributed by atoms with E-state index in [0.29, 0.717) is 28.2 Å². The molecule has 0 aliphatic rings. The van der Waals surface area contributed by atoms with E-state index in [1.807, 2.05) is 18.2 Å². The molecule has 2 rings (SSSR count). The number of rotatable bonds is 5. The molecule has 2 aromatic rings. The van der Waals surface area contributed by atoms with Crippen LogP contribution in [0, 0.1) is 5.82 Å². The number of benzene rings is 2. The third-order valence-electron chi connectivity index (χ3n) is 2.89. The van der Waals surface area contributed by atoms with Gasteiger partial charge in [0.1, 0.15) is 5.82 Å². The van der Waals surface area contributed by atoms with Gasteiger partial charge in [-0.1, -0.05) is 12.1 Å². The van der Waals surface area contributed by atoms with Gasteiger partial charge in [-0.15, -0.1) is 0 Å². The van der Waals surface area contributed by atoms with Crippen molar-refractivity contribution >= 4 is 21.6 Å². The number of nitrogens with one attached hydrogen (secondary N) is 1. The number of methoxy groups -OCH3 is 2. The van der Waals surface area contributed by atoms with Crippen LogP contribution in [0.3, 0.4) is 0 Å². The van der Waals surface area contributed by atoms with Crippen molar-refractivity contribution in [1.82, 2.24) is 0 Å². The molecular weight excluding hydrogens is 325 g/mol. The molecule has 106 valence electrons. The summed E-state index contributed by atoms with van der Waals surface area (Å²) in [6.45, 7) is 0.515. The summed E-state index contributed by atoms with van der Waals surface area (Å²) in [4.78, 5) is 0. The van der Waals surface area contributed by atoms with Crippen molar-refractivity contribution in [1.29, 1.82) is 0 Å². The molecule has 0 aliphatic carbocycles. The van der Waals surface area contributed by atoms with E-state index in [4.69, 9.17) is 9.47 Å². The smallest absolute Gasteiger partial charge is 0.165 e. The van der Waals surface area contributed by atoms with Crippen LogP contribution in [-0.2, 0) is 6.54 Å². The van der Waals surface area contributed by atoms with Crippen molar-refractivity contribution in [3.05, 3.63) is 52.3 Å². The average Bonchev–Trinajstić information content (AvgIpc) is 2.47. The van der Waals surface area contributed by atoms with Crippen molar-refractivity contribution in [2.75, 3.05) is 19.5 Å². The second-order valence-corrected chi connectivity index (χ2v) is 4.99. The van der Waals surface area contributed by atoms with E-state index >= 15 is 0 Å². The first-order valence-corrected chi connectivity index (χ1v) is 6.83. The molecule has 0 radical (unpaired) electrons. The van der Waals surface area contributed by atoms with Gasteiger partial charge in [0.05, 0.1) is 18.7 Å². The van der Waals surface area contributed by atoms with Crippen molar-refractivity contribution in [2.45, 2.75) is 6.54 Å². The molecule has 0 aliphatic heterocycles. The Hall–Kier alpha value is -1.75. The fourth-order valence-electron chi connectivity index (χ4n) is 1.90. The second kappa shape index (κ2) is 6.61. The second-order valence-electron chi connectivity index (χ2n) is 4.14. The summed E-state index contributed by atoms with van der Waals surface area (Å²) in [5.74, 6) is 1.06. The lowest BCUT2D eigenvalue weighted by Gasteiger charge is -2.13. The topological polar surface area (TPSA) is 30.5 Å². The molecule has 20 heavy (non-hydrogen) atoms. The molecule has 0 amide bonds. The van der Waals surface area contributed by atoms with E-state index in [-0.39, 0.29) is 5.82 Å². The minimum atomic E-state index is -0.299. The van der Waals surface area contributed by atoms with E-state index in [1.165, 1.54) is 6.07 Å². The molecule has 1 N–H and O–H groups in total. The zero-order valence-electron chi connectivity index (χ0n) is 11.2. The maximum Gasteiger partial charge on any atom is 0.165 e. The van der Waals surface area contributed by atoms with Crippen LogP contribution in [0.25, 0.3) is 0 Å². The SMILES string of the molecule is COc1cccc(CNc2ccc(Br)c(F)c2)c1OC. The molecule has 0 saturated heterocycles. The summed E-state index contributed by atoms with van der Waals surface area (Å²) in [7, 11) is 3.19. The van der Waals surface area contributed by atoms with Crippen molar-refractivity contribution < 1.29 is 13.9 Å². The normalized spacial score (nSPS) is 10.2. The number of ether oxygens (including phenoxy) is 2. The molecule has 2 aromatic carbocycles. The summed E-state index contributed by atoms with van der Waals surface area (Å²) >= 11 is 3.13. The van der Waals surface area contributed by atoms with Gasteiger partial charge >= 0.3 is 0 Å². The first-order valence-electron chi connectivity index (χ1n) is 6.04. The Morgan fingerprint density at radius 3 is 2.60 bits per heavy atom. The van der Waals surface area contributed by atoms with Crippen LogP contribution >= 0.6 is 15.9 Å². The van der Waals surface area contributed by atoms with E-state index in [0.717, 1.165) is 5.56 Å². The van der Waals surface area contributed by atoms with Crippen LogP contribution in [0.15, 0.2) is 40.9 Å². The molecule has 0 spiro atoms. The number of hydrogen-bond acceptors (Lipinski definition) is 3. The predicted molar refractivity (Wildman–Crippen MR) is 81.0 cm³/mol. The maximum atomic E-state index is 13.4. The summed E-state index contributed by atoms with van der Waals surface area (Å²) < 4.78 is 24.5. The van der Waals surface area contributed by atoms with Crippen molar-refractivity contribution in [3.8, 4) is 11.5 Å². The highest BCUT2D eigenvalue weighted by atomic mass is 79.9. The highest BCUT2D eigenvalue weighted by Crippen LogP contribution is 2.31. The van der Waals surface area contributed by atoms with Gasteiger partial charge in [-0.3, -0.25) is 0 Å². The monoisotopic (exact) mass is 339 g/mol. The highest BCUT2D eigenvalue weighted by Gasteiger charge is 2.09. The molecule has 0 atom stereocenters. The number of para-hydroxylation sites is 1.